The van der Waals surface area contributed by atoms with E-state index in [1.807, 2.05) is 0 Å². The Morgan fingerprint density at radius 1 is 1.40 bits per heavy atom. The van der Waals surface area contributed by atoms with Gasteiger partial charge in [-0.1, -0.05) is 0 Å². The van der Waals surface area contributed by atoms with Crippen molar-refractivity contribution < 1.29 is 9.90 Å². The lowest BCUT2D eigenvalue weighted by Gasteiger charge is -2.14. The van der Waals surface area contributed by atoms with Crippen molar-refractivity contribution in [1.29, 1.82) is 0 Å². The highest BCUT2D eigenvalue weighted by Gasteiger charge is 2.25. The van der Waals surface area contributed by atoms with E-state index in [4.69, 9.17) is 0 Å². The number of nitrogens with one attached hydrogen (secondary N) is 2. The number of aliphatic hydroxyl groups excluding tert-OH is 1. The molecule has 1 aliphatic heterocycles. The fraction of sp³-hybridized carbons (Fsp3) is 0.909. The highest BCUT2D eigenvalue weighted by molar-refractivity contribution is 5.81. The zero-order chi connectivity index (χ0) is 10.7. The van der Waals surface area contributed by atoms with E-state index < -0.39 is 0 Å². The van der Waals surface area contributed by atoms with Gasteiger partial charge in [0.1, 0.15) is 0 Å². The van der Waals surface area contributed by atoms with E-state index in [0.717, 1.165) is 45.2 Å². The summed E-state index contributed by atoms with van der Waals surface area (Å²) in [6.07, 6.45) is 4.69. The first-order valence-corrected chi connectivity index (χ1v) is 5.95. The normalized spacial score (nSPS) is 35.7. The first-order valence-electron chi connectivity index (χ1n) is 5.95. The molecule has 0 aromatic heterocycles. The summed E-state index contributed by atoms with van der Waals surface area (Å²) >= 11 is 0. The Balaban J connectivity index is 1.66. The second kappa shape index (κ2) is 4.94. The van der Waals surface area contributed by atoms with Gasteiger partial charge in [0.15, 0.2) is 0 Å². The molecule has 0 bridgehead atoms. The molecule has 0 aromatic rings. The van der Waals surface area contributed by atoms with Gasteiger partial charge in [0.2, 0.25) is 5.91 Å². The number of aliphatic hydroxyl groups is 1. The maximum Gasteiger partial charge on any atom is 0.237 e. The Morgan fingerprint density at radius 3 is 2.87 bits per heavy atom. The van der Waals surface area contributed by atoms with Crippen molar-refractivity contribution in [3.8, 4) is 0 Å². The van der Waals surface area contributed by atoms with Gasteiger partial charge in [-0.2, -0.15) is 0 Å². The molecule has 15 heavy (non-hydrogen) atoms. The molecule has 2 fully saturated rings. The fourth-order valence-corrected chi connectivity index (χ4v) is 2.51. The van der Waals surface area contributed by atoms with Crippen molar-refractivity contribution in [2.75, 3.05) is 13.1 Å². The summed E-state index contributed by atoms with van der Waals surface area (Å²) in [6, 6.07) is 0.0244. The molecular weight excluding hydrogens is 192 g/mol. The van der Waals surface area contributed by atoms with Crippen LogP contribution >= 0.6 is 0 Å². The first kappa shape index (κ1) is 10.9. The van der Waals surface area contributed by atoms with Crippen molar-refractivity contribution in [2.45, 2.75) is 44.2 Å². The quantitative estimate of drug-likeness (QED) is 0.618. The summed E-state index contributed by atoms with van der Waals surface area (Å²) in [5.74, 6) is 0.610. The van der Waals surface area contributed by atoms with Crippen molar-refractivity contribution in [3.05, 3.63) is 0 Å². The lowest BCUT2D eigenvalue weighted by molar-refractivity contribution is -0.122. The highest BCUT2D eigenvalue weighted by Crippen LogP contribution is 2.24. The Kier molecular flexibility index (Phi) is 3.59. The molecule has 2 unspecified atom stereocenters. The highest BCUT2D eigenvalue weighted by atomic mass is 16.3. The lowest BCUT2D eigenvalue weighted by atomic mass is 10.1. The van der Waals surface area contributed by atoms with Crippen molar-refractivity contribution in [2.24, 2.45) is 5.92 Å². The monoisotopic (exact) mass is 212 g/mol. The summed E-state index contributed by atoms with van der Waals surface area (Å²) in [5, 5.41) is 15.5. The molecule has 4 nitrogen and oxygen atoms in total. The molecule has 3 atom stereocenters. The largest absolute Gasteiger partial charge is 0.393 e. The summed E-state index contributed by atoms with van der Waals surface area (Å²) in [7, 11) is 0. The molecule has 86 valence electrons. The minimum atomic E-state index is -0.142. The standard InChI is InChI=1S/C11H20N2O2/c14-9-4-3-8(6-9)7-13-11(15)10-2-1-5-12-10/h8-10,12,14H,1-7H2,(H,13,15)/t8?,9?,10-/m1/s1. The maximum absolute atomic E-state index is 11.6. The number of rotatable bonds is 3. The van der Waals surface area contributed by atoms with Crippen LogP contribution in [0.4, 0.5) is 0 Å². The summed E-state index contributed by atoms with van der Waals surface area (Å²) in [5.41, 5.74) is 0. The minimum absolute atomic E-state index is 0.0244. The van der Waals surface area contributed by atoms with Gasteiger partial charge >= 0.3 is 0 Å². The maximum atomic E-state index is 11.6. The van der Waals surface area contributed by atoms with Crippen molar-refractivity contribution in [1.82, 2.24) is 10.6 Å². The minimum Gasteiger partial charge on any atom is -0.393 e. The number of carbonyl (C=O) groups excluding carboxylic acids is 1. The van der Waals surface area contributed by atoms with Gasteiger partial charge in [-0.15, -0.1) is 0 Å². The molecule has 4 heteroatoms. The molecule has 0 radical (unpaired) electrons. The molecule has 1 amide bonds. The molecule has 1 saturated carbocycles. The average Bonchev–Trinajstić information content (AvgIpc) is 2.84. The third kappa shape index (κ3) is 2.92. The number of carbonyl (C=O) groups is 1. The van der Waals surface area contributed by atoms with E-state index in [0.29, 0.717) is 5.92 Å². The van der Waals surface area contributed by atoms with Crippen LogP contribution < -0.4 is 10.6 Å². The van der Waals surface area contributed by atoms with E-state index in [-0.39, 0.29) is 18.1 Å². The predicted octanol–water partition coefficient (Wildman–Crippen LogP) is 0.0156. The van der Waals surface area contributed by atoms with Crippen molar-refractivity contribution >= 4 is 5.91 Å². The topological polar surface area (TPSA) is 61.4 Å². The van der Waals surface area contributed by atoms with Gasteiger partial charge in [-0.05, 0) is 44.6 Å². The van der Waals surface area contributed by atoms with Gasteiger partial charge < -0.3 is 15.7 Å². The second-order valence-corrected chi connectivity index (χ2v) is 4.73. The number of amides is 1. The van der Waals surface area contributed by atoms with Gasteiger partial charge in [-0.3, -0.25) is 4.79 Å². The van der Waals surface area contributed by atoms with Gasteiger partial charge in [0, 0.05) is 6.54 Å². The third-order valence-corrected chi connectivity index (χ3v) is 3.46. The fourth-order valence-electron chi connectivity index (χ4n) is 2.51. The van der Waals surface area contributed by atoms with Crippen LogP contribution in [0, 0.1) is 5.92 Å². The Labute approximate surface area is 90.4 Å². The number of hydrogen-bond donors (Lipinski definition) is 3. The third-order valence-electron chi connectivity index (χ3n) is 3.46. The molecule has 1 aliphatic carbocycles. The molecule has 2 aliphatic rings. The van der Waals surface area contributed by atoms with Crippen LogP contribution in [0.15, 0.2) is 0 Å². The second-order valence-electron chi connectivity index (χ2n) is 4.73. The Morgan fingerprint density at radius 2 is 2.27 bits per heavy atom. The van der Waals surface area contributed by atoms with E-state index >= 15 is 0 Å². The van der Waals surface area contributed by atoms with Crippen LogP contribution in [0.2, 0.25) is 0 Å². The Bertz CT molecular complexity index is 227. The van der Waals surface area contributed by atoms with Crippen LogP contribution in [0.3, 0.4) is 0 Å². The summed E-state index contributed by atoms with van der Waals surface area (Å²) in [4.78, 5) is 11.6. The van der Waals surface area contributed by atoms with E-state index in [2.05, 4.69) is 10.6 Å². The van der Waals surface area contributed by atoms with Gasteiger partial charge in [0.25, 0.3) is 0 Å². The molecule has 1 heterocycles. The molecule has 0 aromatic carbocycles. The zero-order valence-electron chi connectivity index (χ0n) is 9.04. The molecular formula is C11H20N2O2. The van der Waals surface area contributed by atoms with E-state index in [9.17, 15) is 9.90 Å². The van der Waals surface area contributed by atoms with Crippen LogP contribution in [-0.2, 0) is 4.79 Å². The van der Waals surface area contributed by atoms with Crippen molar-refractivity contribution in [3.63, 3.8) is 0 Å². The SMILES string of the molecule is O=C(NCC1CCC(O)C1)[C@H]1CCCN1. The average molecular weight is 212 g/mol. The zero-order valence-corrected chi connectivity index (χ0v) is 9.04. The van der Waals surface area contributed by atoms with Gasteiger partial charge in [0.05, 0.1) is 12.1 Å². The van der Waals surface area contributed by atoms with Crippen LogP contribution in [0.1, 0.15) is 32.1 Å². The molecule has 0 spiro atoms. The number of hydrogen-bond acceptors (Lipinski definition) is 3. The van der Waals surface area contributed by atoms with Crippen LogP contribution in [-0.4, -0.2) is 36.2 Å². The molecule has 1 saturated heterocycles. The molecule has 2 rings (SSSR count). The van der Waals surface area contributed by atoms with E-state index in [1.54, 1.807) is 0 Å². The van der Waals surface area contributed by atoms with E-state index in [1.165, 1.54) is 0 Å². The summed E-state index contributed by atoms with van der Waals surface area (Å²) in [6.45, 7) is 1.69. The molecule has 3 N–H and O–H groups in total. The Hall–Kier alpha value is -0.610. The smallest absolute Gasteiger partial charge is 0.237 e. The summed E-state index contributed by atoms with van der Waals surface area (Å²) < 4.78 is 0. The lowest BCUT2D eigenvalue weighted by Crippen LogP contribution is -2.42. The van der Waals surface area contributed by atoms with Gasteiger partial charge in [-0.25, -0.2) is 0 Å². The first-order chi connectivity index (χ1) is 7.25. The van der Waals surface area contributed by atoms with Crippen LogP contribution in [0.25, 0.3) is 0 Å². The van der Waals surface area contributed by atoms with Crippen LogP contribution in [0.5, 0.6) is 0 Å². The predicted molar refractivity (Wildman–Crippen MR) is 57.4 cm³/mol.